The van der Waals surface area contributed by atoms with Gasteiger partial charge in [0.25, 0.3) is 5.91 Å². The summed E-state index contributed by atoms with van der Waals surface area (Å²) in [6, 6.07) is 10.4. The van der Waals surface area contributed by atoms with Crippen molar-refractivity contribution in [2.45, 2.75) is 0 Å². The van der Waals surface area contributed by atoms with Crippen molar-refractivity contribution in [1.82, 2.24) is 5.43 Å². The van der Waals surface area contributed by atoms with Gasteiger partial charge in [-0.2, -0.15) is 9.49 Å². The molecule has 0 bridgehead atoms. The largest absolute Gasteiger partial charge is 0.378 e. The van der Waals surface area contributed by atoms with Gasteiger partial charge in [-0.3, -0.25) is 4.79 Å². The maximum atomic E-state index is 12.8. The van der Waals surface area contributed by atoms with Crippen LogP contribution in [0.1, 0.15) is 15.2 Å². The molecule has 0 saturated carbocycles. The number of hydrazone groups is 1. The van der Waals surface area contributed by atoms with Crippen molar-refractivity contribution in [2.75, 3.05) is 19.0 Å². The molecule has 2 aromatic rings. The summed E-state index contributed by atoms with van der Waals surface area (Å²) < 4.78 is 12.8. The van der Waals surface area contributed by atoms with Crippen LogP contribution in [0.25, 0.3) is 0 Å². The Hall–Kier alpha value is -2.21. The first-order valence-electron chi connectivity index (χ1n) is 5.92. The van der Waals surface area contributed by atoms with E-state index >= 15 is 0 Å². The molecule has 0 atom stereocenters. The van der Waals surface area contributed by atoms with Gasteiger partial charge in [-0.05, 0) is 29.8 Å². The van der Waals surface area contributed by atoms with Crippen LogP contribution < -0.4 is 10.3 Å². The molecule has 0 aliphatic rings. The van der Waals surface area contributed by atoms with E-state index in [-0.39, 0.29) is 0 Å². The second-order valence-corrected chi connectivity index (χ2v) is 5.32. The van der Waals surface area contributed by atoms with Crippen LogP contribution >= 0.6 is 11.3 Å². The highest BCUT2D eigenvalue weighted by Gasteiger charge is 2.07. The molecule has 0 fully saturated rings. The molecular formula is C14H14FN3OS. The molecule has 0 aliphatic heterocycles. The fourth-order valence-electron chi connectivity index (χ4n) is 1.52. The van der Waals surface area contributed by atoms with Gasteiger partial charge < -0.3 is 4.90 Å². The van der Waals surface area contributed by atoms with Crippen molar-refractivity contribution in [3.8, 4) is 0 Å². The van der Waals surface area contributed by atoms with Crippen molar-refractivity contribution in [1.29, 1.82) is 0 Å². The average Bonchev–Trinajstić information content (AvgIpc) is 2.86. The number of halogens is 1. The molecule has 1 aromatic carbocycles. The fraction of sp³-hybridized carbons (Fsp3) is 0.143. The predicted octanol–water partition coefficient (Wildman–Crippen LogP) is 2.72. The lowest BCUT2D eigenvalue weighted by Crippen LogP contribution is -2.16. The zero-order chi connectivity index (χ0) is 14.5. The second-order valence-electron chi connectivity index (χ2n) is 4.29. The Bertz CT molecular complexity index is 620. The molecule has 104 valence electrons. The Balaban J connectivity index is 1.94. The monoisotopic (exact) mass is 291 g/mol. The molecule has 0 spiro atoms. The molecule has 1 N–H and O–H groups in total. The van der Waals surface area contributed by atoms with Crippen LogP contribution in [0, 0.1) is 5.13 Å². The first-order valence-corrected chi connectivity index (χ1v) is 6.74. The van der Waals surface area contributed by atoms with E-state index in [4.69, 9.17) is 0 Å². The van der Waals surface area contributed by atoms with Gasteiger partial charge in [-0.1, -0.05) is 12.1 Å². The minimum Gasteiger partial charge on any atom is -0.378 e. The molecule has 0 aliphatic carbocycles. The number of carbonyl (C=O) groups excluding carboxylic acids is 1. The third kappa shape index (κ3) is 3.64. The van der Waals surface area contributed by atoms with Crippen LogP contribution in [0.15, 0.2) is 41.5 Å². The summed E-state index contributed by atoms with van der Waals surface area (Å²) in [5.74, 6) is -0.417. The number of hydrogen-bond acceptors (Lipinski definition) is 4. The van der Waals surface area contributed by atoms with E-state index in [2.05, 4.69) is 10.5 Å². The fourth-order valence-corrected chi connectivity index (χ4v) is 2.14. The first-order chi connectivity index (χ1) is 9.56. The highest BCUT2D eigenvalue weighted by molar-refractivity contribution is 7.12. The second kappa shape index (κ2) is 6.29. The lowest BCUT2D eigenvalue weighted by Gasteiger charge is -2.11. The Morgan fingerprint density at radius 2 is 1.95 bits per heavy atom. The normalized spacial score (nSPS) is 10.8. The van der Waals surface area contributed by atoms with Crippen LogP contribution in [0.3, 0.4) is 0 Å². The van der Waals surface area contributed by atoms with E-state index < -0.39 is 11.0 Å². The summed E-state index contributed by atoms with van der Waals surface area (Å²) >= 11 is 0.789. The average molecular weight is 291 g/mol. The molecule has 4 nitrogen and oxygen atoms in total. The predicted molar refractivity (Wildman–Crippen MR) is 80.1 cm³/mol. The molecular weight excluding hydrogens is 277 g/mol. The quantitative estimate of drug-likeness (QED) is 0.695. The van der Waals surface area contributed by atoms with Crippen molar-refractivity contribution >= 4 is 29.1 Å². The number of rotatable bonds is 4. The van der Waals surface area contributed by atoms with Crippen molar-refractivity contribution in [3.05, 3.63) is 52.0 Å². The molecule has 2 rings (SSSR count). The smallest absolute Gasteiger partial charge is 0.281 e. The minimum absolute atomic E-state index is 0.294. The number of carbonyl (C=O) groups is 1. The van der Waals surface area contributed by atoms with Gasteiger partial charge in [0.1, 0.15) is 0 Å². The number of thiophene rings is 1. The van der Waals surface area contributed by atoms with Gasteiger partial charge in [0.05, 0.1) is 11.1 Å². The van der Waals surface area contributed by atoms with E-state index in [1.807, 2.05) is 43.3 Å². The molecule has 1 amide bonds. The summed E-state index contributed by atoms with van der Waals surface area (Å²) in [6.07, 6.45) is 1.54. The SMILES string of the molecule is CN(C)c1ccc(/C=N/NC(=O)c2ccc(F)s2)cc1. The van der Waals surface area contributed by atoms with Gasteiger partial charge in [0.2, 0.25) is 0 Å². The van der Waals surface area contributed by atoms with Crippen LogP contribution in [0.5, 0.6) is 0 Å². The zero-order valence-corrected chi connectivity index (χ0v) is 11.9. The zero-order valence-electron chi connectivity index (χ0n) is 11.1. The third-order valence-electron chi connectivity index (χ3n) is 2.59. The van der Waals surface area contributed by atoms with Crippen LogP contribution in [-0.2, 0) is 0 Å². The maximum absolute atomic E-state index is 12.8. The van der Waals surface area contributed by atoms with Gasteiger partial charge in [-0.15, -0.1) is 11.3 Å². The maximum Gasteiger partial charge on any atom is 0.281 e. The topological polar surface area (TPSA) is 44.7 Å². The number of anilines is 1. The summed E-state index contributed by atoms with van der Waals surface area (Å²) in [5.41, 5.74) is 4.31. The molecule has 1 aromatic heterocycles. The Morgan fingerprint density at radius 1 is 1.25 bits per heavy atom. The van der Waals surface area contributed by atoms with Crippen LogP contribution in [0.2, 0.25) is 0 Å². The summed E-state index contributed by atoms with van der Waals surface area (Å²) in [7, 11) is 3.92. The molecule has 6 heteroatoms. The molecule has 0 unspecified atom stereocenters. The van der Waals surface area contributed by atoms with Gasteiger partial charge in [-0.25, -0.2) is 5.43 Å². The number of nitrogens with zero attached hydrogens (tertiary/aromatic N) is 2. The van der Waals surface area contributed by atoms with E-state index in [0.717, 1.165) is 22.6 Å². The molecule has 1 heterocycles. The Morgan fingerprint density at radius 3 is 2.50 bits per heavy atom. The van der Waals surface area contributed by atoms with Crippen LogP contribution in [0.4, 0.5) is 10.1 Å². The van der Waals surface area contributed by atoms with Gasteiger partial charge >= 0.3 is 0 Å². The Kier molecular flexibility index (Phi) is 4.47. The number of hydrogen-bond donors (Lipinski definition) is 1. The standard InChI is InChI=1S/C14H14FN3OS/c1-18(2)11-5-3-10(4-6-11)9-16-17-14(19)12-7-8-13(15)20-12/h3-9H,1-2H3,(H,17,19)/b16-9+. The third-order valence-corrected chi connectivity index (χ3v) is 3.46. The van der Waals surface area contributed by atoms with E-state index in [0.29, 0.717) is 4.88 Å². The lowest BCUT2D eigenvalue weighted by atomic mass is 10.2. The Labute approximate surface area is 120 Å². The number of nitrogens with one attached hydrogen (secondary N) is 1. The molecule has 0 saturated heterocycles. The van der Waals surface area contributed by atoms with Gasteiger partial charge in [0, 0.05) is 19.8 Å². The van der Waals surface area contributed by atoms with E-state index in [1.54, 1.807) is 6.21 Å². The minimum atomic E-state index is -0.417. The van der Waals surface area contributed by atoms with Crippen LogP contribution in [-0.4, -0.2) is 26.2 Å². The van der Waals surface area contributed by atoms with Crippen molar-refractivity contribution in [3.63, 3.8) is 0 Å². The first kappa shape index (κ1) is 14.2. The van der Waals surface area contributed by atoms with E-state index in [9.17, 15) is 9.18 Å². The number of amides is 1. The highest BCUT2D eigenvalue weighted by atomic mass is 32.1. The summed E-state index contributed by atoms with van der Waals surface area (Å²) in [5, 5.41) is 3.46. The van der Waals surface area contributed by atoms with Crippen molar-refractivity contribution < 1.29 is 9.18 Å². The van der Waals surface area contributed by atoms with Crippen molar-refractivity contribution in [2.24, 2.45) is 5.10 Å². The molecule has 20 heavy (non-hydrogen) atoms. The van der Waals surface area contributed by atoms with E-state index in [1.165, 1.54) is 12.1 Å². The molecule has 0 radical (unpaired) electrons. The summed E-state index contributed by atoms with van der Waals surface area (Å²) in [4.78, 5) is 13.9. The summed E-state index contributed by atoms with van der Waals surface area (Å²) in [6.45, 7) is 0. The number of benzene rings is 1. The lowest BCUT2D eigenvalue weighted by molar-refractivity contribution is 0.0959. The highest BCUT2D eigenvalue weighted by Crippen LogP contribution is 2.14. The van der Waals surface area contributed by atoms with Gasteiger partial charge in [0.15, 0.2) is 5.13 Å².